The molecule has 23 heavy (non-hydrogen) atoms. The molecule has 2 N–H and O–H groups in total. The maximum atomic E-state index is 13.4. The first-order valence-electron chi connectivity index (χ1n) is 6.80. The van der Waals surface area contributed by atoms with Crippen molar-refractivity contribution in [2.75, 3.05) is 18.7 Å². The van der Waals surface area contributed by atoms with Gasteiger partial charge in [0.05, 0.1) is 7.11 Å². The summed E-state index contributed by atoms with van der Waals surface area (Å²) in [5, 5.41) is 5.28. The molecular formula is C16H17FN2O3S. The first kappa shape index (κ1) is 17.0. The Hall–Kier alpha value is -2.41. The van der Waals surface area contributed by atoms with E-state index in [-0.39, 0.29) is 6.54 Å². The van der Waals surface area contributed by atoms with E-state index in [4.69, 9.17) is 4.74 Å². The molecule has 0 bridgehead atoms. The zero-order chi connectivity index (χ0) is 16.8. The first-order chi connectivity index (χ1) is 11.0. The summed E-state index contributed by atoms with van der Waals surface area (Å²) in [7, 11) is 0.391. The van der Waals surface area contributed by atoms with Crippen molar-refractivity contribution < 1.29 is 18.1 Å². The topological polar surface area (TPSA) is 67.4 Å². The van der Waals surface area contributed by atoms with Gasteiger partial charge in [-0.05, 0) is 42.0 Å². The maximum absolute atomic E-state index is 13.4. The molecular weight excluding hydrogens is 319 g/mol. The fourth-order valence-electron chi connectivity index (χ4n) is 1.93. The molecule has 0 heterocycles. The summed E-state index contributed by atoms with van der Waals surface area (Å²) >= 11 is 0. The standard InChI is InChI=1S/C16H17FN2O3S/c1-22-14-8-11(7-12(17)9-14)10-18-16(20)19-13-3-5-15(6-4-13)23(2)21/h3-9H,10H2,1-2H3,(H2,18,19,20)/t23-/m1/s1. The molecule has 0 aromatic heterocycles. The Bertz CT molecular complexity index is 720. The van der Waals surface area contributed by atoms with Gasteiger partial charge in [0.1, 0.15) is 11.6 Å². The number of benzene rings is 2. The van der Waals surface area contributed by atoms with E-state index in [2.05, 4.69) is 10.6 Å². The third kappa shape index (κ3) is 5.07. The predicted octanol–water partition coefficient (Wildman–Crippen LogP) is 2.89. The van der Waals surface area contributed by atoms with Gasteiger partial charge in [0.15, 0.2) is 0 Å². The van der Waals surface area contributed by atoms with Crippen LogP contribution in [0.3, 0.4) is 0 Å². The largest absolute Gasteiger partial charge is 0.497 e. The van der Waals surface area contributed by atoms with Gasteiger partial charge in [-0.2, -0.15) is 0 Å². The van der Waals surface area contributed by atoms with Crippen LogP contribution >= 0.6 is 0 Å². The van der Waals surface area contributed by atoms with Crippen molar-refractivity contribution in [3.8, 4) is 5.75 Å². The molecule has 2 aromatic rings. The maximum Gasteiger partial charge on any atom is 0.319 e. The fraction of sp³-hybridized carbons (Fsp3) is 0.188. The fourth-order valence-corrected chi connectivity index (χ4v) is 2.45. The number of carbonyl (C=O) groups excluding carboxylic acids is 1. The molecule has 0 saturated carbocycles. The van der Waals surface area contributed by atoms with Crippen LogP contribution in [0.15, 0.2) is 47.4 Å². The van der Waals surface area contributed by atoms with Crippen LogP contribution in [0.4, 0.5) is 14.9 Å². The Morgan fingerprint density at radius 3 is 2.52 bits per heavy atom. The van der Waals surface area contributed by atoms with Crippen LogP contribution < -0.4 is 15.4 Å². The molecule has 0 saturated heterocycles. The highest BCUT2D eigenvalue weighted by Gasteiger charge is 2.05. The Balaban J connectivity index is 1.92. The van der Waals surface area contributed by atoms with Crippen molar-refractivity contribution in [2.24, 2.45) is 0 Å². The summed E-state index contributed by atoms with van der Waals surface area (Å²) < 4.78 is 29.6. The second-order valence-corrected chi connectivity index (χ2v) is 6.17. The summed E-state index contributed by atoms with van der Waals surface area (Å²) in [6.07, 6.45) is 1.59. The lowest BCUT2D eigenvalue weighted by Gasteiger charge is -2.09. The number of amides is 2. The summed E-state index contributed by atoms with van der Waals surface area (Å²) in [4.78, 5) is 12.5. The van der Waals surface area contributed by atoms with Gasteiger partial charge in [-0.1, -0.05) is 0 Å². The molecule has 2 amide bonds. The number of anilines is 1. The number of hydrogen-bond donors (Lipinski definition) is 2. The molecule has 1 atom stereocenters. The molecule has 0 aliphatic carbocycles. The minimum Gasteiger partial charge on any atom is -0.497 e. The predicted molar refractivity (Wildman–Crippen MR) is 87.6 cm³/mol. The molecule has 0 fully saturated rings. The average molecular weight is 336 g/mol. The van der Waals surface area contributed by atoms with Gasteiger partial charge in [0, 0.05) is 40.2 Å². The monoisotopic (exact) mass is 336 g/mol. The lowest BCUT2D eigenvalue weighted by Crippen LogP contribution is -2.28. The summed E-state index contributed by atoms with van der Waals surface area (Å²) in [5.74, 6) is -0.0323. The van der Waals surface area contributed by atoms with E-state index in [0.717, 1.165) is 0 Å². The molecule has 0 aliphatic rings. The van der Waals surface area contributed by atoms with Crippen LogP contribution in [0.25, 0.3) is 0 Å². The van der Waals surface area contributed by atoms with Crippen LogP contribution in [0.2, 0.25) is 0 Å². The lowest BCUT2D eigenvalue weighted by atomic mass is 10.2. The number of methoxy groups -OCH3 is 1. The molecule has 2 aromatic carbocycles. The van der Waals surface area contributed by atoms with E-state index in [9.17, 15) is 13.4 Å². The highest BCUT2D eigenvalue weighted by atomic mass is 32.2. The number of carbonyl (C=O) groups is 1. The van der Waals surface area contributed by atoms with Crippen LogP contribution in [0.5, 0.6) is 5.75 Å². The van der Waals surface area contributed by atoms with Crippen molar-refractivity contribution in [3.63, 3.8) is 0 Å². The molecule has 2 rings (SSSR count). The van der Waals surface area contributed by atoms with E-state index < -0.39 is 22.6 Å². The van der Waals surface area contributed by atoms with Crippen LogP contribution in [0.1, 0.15) is 5.56 Å². The third-order valence-corrected chi connectivity index (χ3v) is 4.00. The second-order valence-electron chi connectivity index (χ2n) is 4.79. The van der Waals surface area contributed by atoms with Crippen molar-refractivity contribution in [1.29, 1.82) is 0 Å². The lowest BCUT2D eigenvalue weighted by molar-refractivity contribution is 0.251. The number of halogens is 1. The van der Waals surface area contributed by atoms with Gasteiger partial charge in [0.2, 0.25) is 0 Å². The number of hydrogen-bond acceptors (Lipinski definition) is 3. The molecule has 5 nitrogen and oxygen atoms in total. The van der Waals surface area contributed by atoms with Gasteiger partial charge in [0.25, 0.3) is 0 Å². The Labute approximate surface area is 136 Å². The van der Waals surface area contributed by atoms with Gasteiger partial charge in [-0.3, -0.25) is 4.21 Å². The van der Waals surface area contributed by atoms with Gasteiger partial charge < -0.3 is 15.4 Å². The number of rotatable bonds is 5. The van der Waals surface area contributed by atoms with E-state index in [0.29, 0.717) is 21.9 Å². The van der Waals surface area contributed by atoms with E-state index in [1.807, 2.05) is 0 Å². The van der Waals surface area contributed by atoms with Crippen molar-refractivity contribution in [3.05, 3.63) is 53.8 Å². The normalized spacial score (nSPS) is 11.6. The van der Waals surface area contributed by atoms with Gasteiger partial charge >= 0.3 is 6.03 Å². The Kier molecular flexibility index (Phi) is 5.70. The smallest absolute Gasteiger partial charge is 0.319 e. The number of nitrogens with one attached hydrogen (secondary N) is 2. The molecule has 0 aliphatic heterocycles. The summed E-state index contributed by atoms with van der Waals surface area (Å²) in [5.41, 5.74) is 1.17. The quantitative estimate of drug-likeness (QED) is 0.882. The zero-order valence-corrected chi connectivity index (χ0v) is 13.6. The first-order valence-corrected chi connectivity index (χ1v) is 8.35. The molecule has 7 heteroatoms. The van der Waals surface area contributed by atoms with Crippen molar-refractivity contribution in [2.45, 2.75) is 11.4 Å². The number of urea groups is 1. The second kappa shape index (κ2) is 7.73. The highest BCUT2D eigenvalue weighted by molar-refractivity contribution is 7.84. The Morgan fingerprint density at radius 1 is 1.22 bits per heavy atom. The van der Waals surface area contributed by atoms with Crippen molar-refractivity contribution in [1.82, 2.24) is 5.32 Å². The molecule has 122 valence electrons. The van der Waals surface area contributed by atoms with Crippen LogP contribution in [-0.4, -0.2) is 23.6 Å². The minimum atomic E-state index is -1.06. The summed E-state index contributed by atoms with van der Waals surface area (Å²) in [6, 6.07) is 10.5. The molecule has 0 spiro atoms. The van der Waals surface area contributed by atoms with Crippen LogP contribution in [0, 0.1) is 5.82 Å². The van der Waals surface area contributed by atoms with Crippen molar-refractivity contribution >= 4 is 22.5 Å². The average Bonchev–Trinajstić information content (AvgIpc) is 2.53. The minimum absolute atomic E-state index is 0.164. The van der Waals surface area contributed by atoms with E-state index in [1.54, 1.807) is 36.6 Å². The highest BCUT2D eigenvalue weighted by Crippen LogP contribution is 2.16. The van der Waals surface area contributed by atoms with Crippen LogP contribution in [-0.2, 0) is 17.3 Å². The summed E-state index contributed by atoms with van der Waals surface area (Å²) in [6.45, 7) is 0.164. The molecule has 0 unspecified atom stereocenters. The Morgan fingerprint density at radius 2 is 1.91 bits per heavy atom. The number of ether oxygens (including phenoxy) is 1. The van der Waals surface area contributed by atoms with Gasteiger partial charge in [-0.15, -0.1) is 0 Å². The van der Waals surface area contributed by atoms with E-state index in [1.165, 1.54) is 19.2 Å². The molecule has 0 radical (unpaired) electrons. The zero-order valence-electron chi connectivity index (χ0n) is 12.8. The van der Waals surface area contributed by atoms with E-state index >= 15 is 0 Å². The SMILES string of the molecule is COc1cc(F)cc(CNC(=O)Nc2ccc([S@@](C)=O)cc2)c1. The third-order valence-electron chi connectivity index (χ3n) is 3.06. The van der Waals surface area contributed by atoms with Gasteiger partial charge in [-0.25, -0.2) is 9.18 Å².